The van der Waals surface area contributed by atoms with Crippen LogP contribution in [0.5, 0.6) is 0 Å². The van der Waals surface area contributed by atoms with E-state index in [-0.39, 0.29) is 17.4 Å². The van der Waals surface area contributed by atoms with E-state index in [9.17, 15) is 9.18 Å². The highest BCUT2D eigenvalue weighted by atomic mass is 19.1. The Labute approximate surface area is 99.1 Å². The van der Waals surface area contributed by atoms with Crippen LogP contribution in [-0.2, 0) is 11.2 Å². The summed E-state index contributed by atoms with van der Waals surface area (Å²) in [6, 6.07) is -0.871. The number of aryl methyl sites for hydroxylation is 1. The molecule has 0 unspecified atom stereocenters. The summed E-state index contributed by atoms with van der Waals surface area (Å²) in [6.07, 6.45) is 1.66. The molecule has 0 saturated carbocycles. The van der Waals surface area contributed by atoms with Gasteiger partial charge in [0.15, 0.2) is 11.6 Å². The van der Waals surface area contributed by atoms with Crippen molar-refractivity contribution in [1.29, 1.82) is 0 Å². The smallest absolute Gasteiger partial charge is 0.326 e. The Morgan fingerprint density at radius 2 is 2.18 bits per heavy atom. The molecule has 0 aromatic carbocycles. The normalized spacial score (nSPS) is 12.5. The summed E-state index contributed by atoms with van der Waals surface area (Å²) in [7, 11) is 0. The molecule has 1 aromatic heterocycles. The average Bonchev–Trinajstić information content (AvgIpc) is 2.26. The van der Waals surface area contributed by atoms with Crippen LogP contribution in [-0.4, -0.2) is 27.1 Å². The number of nitrogens with zero attached hydrogens (tertiary/aromatic N) is 2. The largest absolute Gasteiger partial charge is 0.480 e. The van der Waals surface area contributed by atoms with E-state index in [0.717, 1.165) is 0 Å². The summed E-state index contributed by atoms with van der Waals surface area (Å²) in [6.45, 7) is 5.25. The SMILES string of the molecule is CCc1ncnc(N[C@H](C(=O)O)C(C)C)c1F. The maximum absolute atomic E-state index is 13.8. The van der Waals surface area contributed by atoms with Crippen molar-refractivity contribution in [3.63, 3.8) is 0 Å². The Hall–Kier alpha value is -1.72. The summed E-state index contributed by atoms with van der Waals surface area (Å²) < 4.78 is 13.8. The standard InChI is InChI=1S/C11H16FN3O2/c1-4-7-8(12)10(14-5-13-7)15-9(6(2)3)11(16)17/h5-6,9H,4H2,1-3H3,(H,16,17)(H,13,14,15)/t9-/m0/s1. The van der Waals surface area contributed by atoms with E-state index in [0.29, 0.717) is 6.42 Å². The summed E-state index contributed by atoms with van der Waals surface area (Å²) in [5.41, 5.74) is 0.274. The molecule has 0 spiro atoms. The number of carbonyl (C=O) groups is 1. The van der Waals surface area contributed by atoms with Crippen LogP contribution in [0.4, 0.5) is 10.2 Å². The summed E-state index contributed by atoms with van der Waals surface area (Å²) >= 11 is 0. The molecule has 0 saturated heterocycles. The molecule has 94 valence electrons. The number of aromatic nitrogens is 2. The number of carboxylic acids is 1. The molecule has 6 heteroatoms. The highest BCUT2D eigenvalue weighted by Gasteiger charge is 2.23. The molecule has 0 amide bonds. The molecule has 0 aliphatic carbocycles. The Bertz CT molecular complexity index is 410. The number of nitrogens with one attached hydrogen (secondary N) is 1. The van der Waals surface area contributed by atoms with Crippen LogP contribution >= 0.6 is 0 Å². The van der Waals surface area contributed by atoms with Gasteiger partial charge in [0.2, 0.25) is 0 Å². The molecule has 1 heterocycles. The van der Waals surface area contributed by atoms with Crippen molar-refractivity contribution < 1.29 is 14.3 Å². The maximum Gasteiger partial charge on any atom is 0.326 e. The van der Waals surface area contributed by atoms with Crippen molar-refractivity contribution in [1.82, 2.24) is 9.97 Å². The van der Waals surface area contributed by atoms with Gasteiger partial charge in [0.05, 0.1) is 5.69 Å². The second-order valence-corrected chi connectivity index (χ2v) is 4.04. The van der Waals surface area contributed by atoms with Crippen molar-refractivity contribution >= 4 is 11.8 Å². The molecule has 5 nitrogen and oxygen atoms in total. The van der Waals surface area contributed by atoms with Gasteiger partial charge in [0.1, 0.15) is 12.4 Å². The fourth-order valence-electron chi connectivity index (χ4n) is 1.41. The van der Waals surface area contributed by atoms with Gasteiger partial charge in [-0.15, -0.1) is 0 Å². The van der Waals surface area contributed by atoms with Crippen molar-refractivity contribution in [2.45, 2.75) is 33.2 Å². The lowest BCUT2D eigenvalue weighted by Crippen LogP contribution is -2.35. The van der Waals surface area contributed by atoms with Crippen molar-refractivity contribution in [3.8, 4) is 0 Å². The van der Waals surface area contributed by atoms with Crippen LogP contribution in [0.15, 0.2) is 6.33 Å². The summed E-state index contributed by atoms with van der Waals surface area (Å²) in [5, 5.41) is 11.6. The zero-order valence-corrected chi connectivity index (χ0v) is 10.1. The molecule has 0 fully saturated rings. The van der Waals surface area contributed by atoms with E-state index in [4.69, 9.17) is 5.11 Å². The van der Waals surface area contributed by atoms with Crippen LogP contribution in [0, 0.1) is 11.7 Å². The highest BCUT2D eigenvalue weighted by Crippen LogP contribution is 2.16. The lowest BCUT2D eigenvalue weighted by Gasteiger charge is -2.18. The van der Waals surface area contributed by atoms with Crippen LogP contribution in [0.25, 0.3) is 0 Å². The van der Waals surface area contributed by atoms with Gasteiger partial charge >= 0.3 is 5.97 Å². The third kappa shape index (κ3) is 3.12. The third-order valence-corrected chi connectivity index (χ3v) is 2.42. The van der Waals surface area contributed by atoms with Crippen LogP contribution < -0.4 is 5.32 Å². The first kappa shape index (κ1) is 13.3. The minimum Gasteiger partial charge on any atom is -0.480 e. The topological polar surface area (TPSA) is 75.1 Å². The summed E-state index contributed by atoms with van der Waals surface area (Å²) in [4.78, 5) is 18.5. The van der Waals surface area contributed by atoms with E-state index in [1.54, 1.807) is 20.8 Å². The van der Waals surface area contributed by atoms with Gasteiger partial charge in [-0.2, -0.15) is 0 Å². The maximum atomic E-state index is 13.8. The third-order valence-electron chi connectivity index (χ3n) is 2.42. The van der Waals surface area contributed by atoms with Crippen LogP contribution in [0.1, 0.15) is 26.5 Å². The van der Waals surface area contributed by atoms with Gasteiger partial charge in [-0.05, 0) is 12.3 Å². The first-order valence-electron chi connectivity index (χ1n) is 5.46. The second kappa shape index (κ2) is 5.56. The van der Waals surface area contributed by atoms with Gasteiger partial charge in [-0.25, -0.2) is 19.2 Å². The van der Waals surface area contributed by atoms with Gasteiger partial charge in [-0.1, -0.05) is 20.8 Å². The Kier molecular flexibility index (Phi) is 4.37. The minimum atomic E-state index is -1.03. The fourth-order valence-corrected chi connectivity index (χ4v) is 1.41. The molecule has 0 aliphatic heterocycles. The predicted molar refractivity (Wildman–Crippen MR) is 61.3 cm³/mol. The molecule has 1 aromatic rings. The van der Waals surface area contributed by atoms with E-state index in [1.165, 1.54) is 6.33 Å². The molecule has 17 heavy (non-hydrogen) atoms. The molecule has 0 bridgehead atoms. The minimum absolute atomic E-state index is 0.0575. The van der Waals surface area contributed by atoms with Crippen molar-refractivity contribution in [3.05, 3.63) is 17.8 Å². The molecule has 1 atom stereocenters. The second-order valence-electron chi connectivity index (χ2n) is 4.04. The number of halogens is 1. The van der Waals surface area contributed by atoms with E-state index in [1.807, 2.05) is 0 Å². The van der Waals surface area contributed by atoms with Gasteiger partial charge in [-0.3, -0.25) is 0 Å². The number of anilines is 1. The zero-order chi connectivity index (χ0) is 13.0. The Balaban J connectivity index is 2.97. The van der Waals surface area contributed by atoms with E-state index in [2.05, 4.69) is 15.3 Å². The average molecular weight is 241 g/mol. The molecule has 1 rings (SSSR count). The number of rotatable bonds is 5. The molecular weight excluding hydrogens is 225 g/mol. The van der Waals surface area contributed by atoms with Crippen molar-refractivity contribution in [2.75, 3.05) is 5.32 Å². The number of aliphatic carboxylic acids is 1. The summed E-state index contributed by atoms with van der Waals surface area (Å²) in [5.74, 6) is -1.84. The first-order chi connectivity index (χ1) is 7.97. The molecule has 0 aliphatic rings. The molecule has 0 radical (unpaired) electrons. The Morgan fingerprint density at radius 3 is 2.65 bits per heavy atom. The van der Waals surface area contributed by atoms with Gasteiger partial charge in [0, 0.05) is 0 Å². The van der Waals surface area contributed by atoms with E-state index < -0.39 is 17.8 Å². The lowest BCUT2D eigenvalue weighted by atomic mass is 10.0. The number of carboxylic acid groups (broad SMARTS) is 1. The zero-order valence-electron chi connectivity index (χ0n) is 10.1. The number of hydrogen-bond donors (Lipinski definition) is 2. The molecular formula is C11H16FN3O2. The van der Waals surface area contributed by atoms with Gasteiger partial charge in [0.25, 0.3) is 0 Å². The van der Waals surface area contributed by atoms with Crippen LogP contribution in [0.2, 0.25) is 0 Å². The van der Waals surface area contributed by atoms with Crippen LogP contribution in [0.3, 0.4) is 0 Å². The Morgan fingerprint density at radius 1 is 1.53 bits per heavy atom. The monoisotopic (exact) mass is 241 g/mol. The van der Waals surface area contributed by atoms with E-state index >= 15 is 0 Å². The quantitative estimate of drug-likeness (QED) is 0.820. The number of hydrogen-bond acceptors (Lipinski definition) is 4. The fraction of sp³-hybridized carbons (Fsp3) is 0.545. The predicted octanol–water partition coefficient (Wildman–Crippen LogP) is 1.70. The highest BCUT2D eigenvalue weighted by molar-refractivity contribution is 5.77. The molecule has 2 N–H and O–H groups in total. The lowest BCUT2D eigenvalue weighted by molar-refractivity contribution is -0.138. The van der Waals surface area contributed by atoms with Crippen molar-refractivity contribution in [2.24, 2.45) is 5.92 Å². The van der Waals surface area contributed by atoms with Gasteiger partial charge < -0.3 is 10.4 Å². The first-order valence-corrected chi connectivity index (χ1v) is 5.46.